The Morgan fingerprint density at radius 1 is 1.27 bits per heavy atom. The number of rotatable bonds is 11. The Hall–Kier alpha value is -3.13. The number of aliphatic carboxylic acids is 1. The fourth-order valence-electron chi connectivity index (χ4n) is 3.43. The minimum atomic E-state index is -5.00. The number of nitrogen functional groups attached to an aromatic ring is 1. The predicted octanol–water partition coefficient (Wildman–Crippen LogP) is 3.45. The minimum Gasteiger partial charge on any atom is -0.480 e. The van der Waals surface area contributed by atoms with Gasteiger partial charge in [0, 0.05) is 0 Å². The maximum Gasteiger partial charge on any atom is 0.408 e. The van der Waals surface area contributed by atoms with Gasteiger partial charge in [0.15, 0.2) is 11.5 Å². The second-order valence-electron chi connectivity index (χ2n) is 8.87. The van der Waals surface area contributed by atoms with Crippen LogP contribution in [0.5, 0.6) is 0 Å². The number of hydrogen-bond acceptors (Lipinski definition) is 7. The predicted molar refractivity (Wildman–Crippen MR) is 126 cm³/mol. The first-order valence-electron chi connectivity index (χ1n) is 10.9. The number of benzene rings is 1. The van der Waals surface area contributed by atoms with Crippen molar-refractivity contribution in [1.82, 2.24) is 29.7 Å². The number of carboxylic acid groups (broad SMARTS) is 1. The number of imidazole rings is 1. The molecule has 0 aliphatic heterocycles. The minimum absolute atomic E-state index is 0.0991. The summed E-state index contributed by atoms with van der Waals surface area (Å²) in [5.74, 6) is -2.23. The Bertz CT molecular complexity index is 1320. The molecular formula is C21H26F4N7O4P. The molecular weight excluding hydrogens is 521 g/mol. The normalized spacial score (nSPS) is 15.9. The topological polar surface area (TPSA) is 157 Å². The number of alkyl halides is 3. The van der Waals surface area contributed by atoms with Gasteiger partial charge in [-0.25, -0.2) is 29.5 Å². The molecule has 0 aliphatic rings. The van der Waals surface area contributed by atoms with Gasteiger partial charge in [0.1, 0.15) is 35.6 Å². The summed E-state index contributed by atoms with van der Waals surface area (Å²) >= 11 is 0. The van der Waals surface area contributed by atoms with Crippen LogP contribution in [0.3, 0.4) is 0 Å². The number of ether oxygens (including phenoxy) is 1. The fourth-order valence-corrected chi connectivity index (χ4v) is 5.81. The number of nitrogens with one attached hydrogen (secondary N) is 2. The molecule has 5 N–H and O–H groups in total. The third kappa shape index (κ3) is 7.01. The van der Waals surface area contributed by atoms with E-state index in [0.717, 1.165) is 32.0 Å². The molecule has 3 rings (SSSR count). The largest absolute Gasteiger partial charge is 0.480 e. The maximum atomic E-state index is 14.0. The van der Waals surface area contributed by atoms with Gasteiger partial charge in [0.2, 0.25) is 7.44 Å². The van der Waals surface area contributed by atoms with E-state index >= 15 is 0 Å². The summed E-state index contributed by atoms with van der Waals surface area (Å²) in [5.41, 5.74) is 4.05. The number of fused-ring (bicyclic) bond motifs is 1. The number of aromatic nitrogens is 4. The SMILES string of the molecule is C[C@@H](Cn1cnc2c(N)ncnc21)OCP(=O)(N[C@H](c1cccc(F)c1)C(F)(F)F)NC(C)(C)C(=O)O. The molecule has 2 aromatic heterocycles. The molecule has 0 aliphatic carbocycles. The number of carbonyl (C=O) groups is 1. The van der Waals surface area contributed by atoms with Gasteiger partial charge in [-0.1, -0.05) is 12.1 Å². The van der Waals surface area contributed by atoms with Gasteiger partial charge in [0.05, 0.1) is 19.0 Å². The molecule has 3 aromatic rings. The summed E-state index contributed by atoms with van der Waals surface area (Å²) in [6, 6.07) is 1.13. The lowest BCUT2D eigenvalue weighted by atomic mass is 10.1. The van der Waals surface area contributed by atoms with E-state index in [2.05, 4.69) is 20.0 Å². The van der Waals surface area contributed by atoms with Gasteiger partial charge in [-0.15, -0.1) is 0 Å². The summed E-state index contributed by atoms with van der Waals surface area (Å²) < 4.78 is 76.5. The molecule has 1 aromatic carbocycles. The summed E-state index contributed by atoms with van der Waals surface area (Å²) in [5, 5.41) is 13.7. The number of halogens is 4. The quantitative estimate of drug-likeness (QED) is 0.207. The Morgan fingerprint density at radius 2 is 1.97 bits per heavy atom. The van der Waals surface area contributed by atoms with Gasteiger partial charge >= 0.3 is 12.1 Å². The zero-order chi connectivity index (χ0) is 27.6. The zero-order valence-electron chi connectivity index (χ0n) is 20.0. The van der Waals surface area contributed by atoms with Crippen molar-refractivity contribution in [1.29, 1.82) is 0 Å². The highest BCUT2D eigenvalue weighted by atomic mass is 31.2. The number of nitrogens with zero attached hydrogens (tertiary/aromatic N) is 4. The summed E-state index contributed by atoms with van der Waals surface area (Å²) in [6.45, 7) is 3.94. The van der Waals surface area contributed by atoms with Gasteiger partial charge in [-0.2, -0.15) is 13.2 Å². The van der Waals surface area contributed by atoms with Crippen molar-refractivity contribution in [3.63, 3.8) is 0 Å². The Labute approximate surface area is 208 Å². The molecule has 2 heterocycles. The van der Waals surface area contributed by atoms with Crippen LogP contribution in [0.2, 0.25) is 0 Å². The Kier molecular flexibility index (Phi) is 8.22. The molecule has 0 amide bonds. The van der Waals surface area contributed by atoms with Crippen molar-refractivity contribution in [3.05, 3.63) is 48.3 Å². The van der Waals surface area contributed by atoms with E-state index < -0.39 is 55.0 Å². The highest BCUT2D eigenvalue weighted by Gasteiger charge is 2.46. The Balaban J connectivity index is 1.85. The van der Waals surface area contributed by atoms with Crippen LogP contribution in [-0.2, 0) is 20.6 Å². The molecule has 0 bridgehead atoms. The molecule has 3 atom stereocenters. The van der Waals surface area contributed by atoms with Gasteiger partial charge in [0.25, 0.3) is 0 Å². The van der Waals surface area contributed by atoms with E-state index in [9.17, 15) is 32.0 Å². The van der Waals surface area contributed by atoms with E-state index in [4.69, 9.17) is 10.5 Å². The second kappa shape index (κ2) is 10.7. The van der Waals surface area contributed by atoms with Crippen molar-refractivity contribution in [2.75, 3.05) is 12.1 Å². The van der Waals surface area contributed by atoms with Crippen LogP contribution in [0.4, 0.5) is 23.4 Å². The Morgan fingerprint density at radius 3 is 2.59 bits per heavy atom. The number of hydrogen-bond donors (Lipinski definition) is 4. The number of nitrogens with two attached hydrogens (primary N) is 1. The number of anilines is 1. The van der Waals surface area contributed by atoms with Crippen LogP contribution < -0.4 is 15.9 Å². The maximum absolute atomic E-state index is 14.0. The van der Waals surface area contributed by atoms with Gasteiger partial charge in [-0.3, -0.25) is 9.36 Å². The lowest BCUT2D eigenvalue weighted by Crippen LogP contribution is -2.49. The van der Waals surface area contributed by atoms with Crippen molar-refractivity contribution < 1.29 is 36.8 Å². The first kappa shape index (κ1) is 28.4. The molecule has 1 unspecified atom stereocenters. The van der Waals surface area contributed by atoms with Crippen LogP contribution >= 0.6 is 7.44 Å². The summed E-state index contributed by atoms with van der Waals surface area (Å²) in [7, 11) is -4.44. The molecule has 0 radical (unpaired) electrons. The van der Waals surface area contributed by atoms with Crippen molar-refractivity contribution in [2.45, 2.75) is 51.2 Å². The number of carboxylic acids is 1. The third-order valence-corrected chi connectivity index (χ3v) is 7.37. The monoisotopic (exact) mass is 547 g/mol. The third-order valence-electron chi connectivity index (χ3n) is 5.27. The molecule has 202 valence electrons. The van der Waals surface area contributed by atoms with Crippen LogP contribution in [0, 0.1) is 5.82 Å². The smallest absolute Gasteiger partial charge is 0.408 e. The average molecular weight is 547 g/mol. The highest BCUT2D eigenvalue weighted by molar-refractivity contribution is 7.59. The van der Waals surface area contributed by atoms with Crippen LogP contribution in [-0.4, -0.2) is 54.8 Å². The zero-order valence-corrected chi connectivity index (χ0v) is 20.9. The van der Waals surface area contributed by atoms with E-state index in [-0.39, 0.29) is 12.4 Å². The molecule has 0 saturated carbocycles. The molecule has 0 fully saturated rings. The van der Waals surface area contributed by atoms with E-state index in [1.165, 1.54) is 12.7 Å². The van der Waals surface area contributed by atoms with Crippen molar-refractivity contribution in [2.24, 2.45) is 0 Å². The van der Waals surface area contributed by atoms with Gasteiger partial charge < -0.3 is 20.1 Å². The van der Waals surface area contributed by atoms with Crippen LogP contribution in [0.1, 0.15) is 32.4 Å². The lowest BCUT2D eigenvalue weighted by molar-refractivity contribution is -0.153. The molecule has 0 saturated heterocycles. The first-order chi connectivity index (χ1) is 17.1. The van der Waals surface area contributed by atoms with Crippen LogP contribution in [0.15, 0.2) is 36.9 Å². The summed E-state index contributed by atoms with van der Waals surface area (Å²) in [4.78, 5) is 23.7. The van der Waals surface area contributed by atoms with Crippen molar-refractivity contribution >= 4 is 30.4 Å². The second-order valence-corrected chi connectivity index (χ2v) is 11.1. The summed E-state index contributed by atoms with van der Waals surface area (Å²) in [6.07, 6.45) is -3.91. The molecule has 11 nitrogen and oxygen atoms in total. The first-order valence-corrected chi connectivity index (χ1v) is 12.8. The van der Waals surface area contributed by atoms with Crippen LogP contribution in [0.25, 0.3) is 11.2 Å². The average Bonchev–Trinajstić information content (AvgIpc) is 3.19. The van der Waals surface area contributed by atoms with Gasteiger partial charge in [-0.05, 0) is 38.5 Å². The van der Waals surface area contributed by atoms with E-state index in [1.807, 2.05) is 5.09 Å². The van der Waals surface area contributed by atoms with E-state index in [0.29, 0.717) is 17.2 Å². The molecule has 16 heteroatoms. The fraction of sp³-hybridized carbons (Fsp3) is 0.429. The highest BCUT2D eigenvalue weighted by Crippen LogP contribution is 2.46. The van der Waals surface area contributed by atoms with Crippen molar-refractivity contribution in [3.8, 4) is 0 Å². The lowest BCUT2D eigenvalue weighted by Gasteiger charge is -2.33. The molecule has 37 heavy (non-hydrogen) atoms. The van der Waals surface area contributed by atoms with E-state index in [1.54, 1.807) is 11.5 Å². The molecule has 0 spiro atoms. The standard InChI is InChI=1S/C21H26F4N7O4P/c1-12(8-32-10-29-15-17(26)27-9-28-18(15)32)36-11-37(35,31-20(2,3)19(33)34)30-16(21(23,24)25)13-5-4-6-14(22)7-13/h4-7,9-10,12,16H,8,11H2,1-3H3,(H,33,34)(H2,26,27,28)(H2,30,31,35)/t12-,16+,37?/m0/s1.